The molecule has 0 aliphatic heterocycles. The first kappa shape index (κ1) is 48.6. The Balaban J connectivity index is 3.60. The summed E-state index contributed by atoms with van der Waals surface area (Å²) in [6.45, 7) is 4.29. The van der Waals surface area contributed by atoms with Gasteiger partial charge in [0.2, 0.25) is 5.91 Å². The van der Waals surface area contributed by atoms with Crippen LogP contribution in [0.3, 0.4) is 0 Å². The zero-order chi connectivity index (χ0) is 36.4. The fourth-order valence-electron chi connectivity index (χ4n) is 6.66. The summed E-state index contributed by atoms with van der Waals surface area (Å²) in [6.07, 6.45) is 55.4. The van der Waals surface area contributed by atoms with E-state index in [4.69, 9.17) is 0 Å². The van der Waals surface area contributed by atoms with Crippen LogP contribution in [0.25, 0.3) is 0 Å². The first-order chi connectivity index (χ1) is 24.7. The highest BCUT2D eigenvalue weighted by atomic mass is 16.3. The third-order valence-electron chi connectivity index (χ3n) is 10.1. The Hall–Kier alpha value is -1.39. The van der Waals surface area contributed by atoms with E-state index in [2.05, 4.69) is 43.5 Å². The van der Waals surface area contributed by atoms with E-state index in [-0.39, 0.29) is 12.5 Å². The molecule has 50 heavy (non-hydrogen) atoms. The lowest BCUT2D eigenvalue weighted by Gasteiger charge is -2.19. The lowest BCUT2D eigenvalue weighted by Crippen LogP contribution is -2.45. The summed E-state index contributed by atoms with van der Waals surface area (Å²) in [6, 6.07) is -0.642. The van der Waals surface area contributed by atoms with Gasteiger partial charge in [-0.15, -0.1) is 0 Å². The predicted octanol–water partition coefficient (Wildman–Crippen LogP) is 13.8. The summed E-state index contributed by atoms with van der Waals surface area (Å²) in [5, 5.41) is 23.0. The zero-order valence-electron chi connectivity index (χ0n) is 33.7. The van der Waals surface area contributed by atoms with Gasteiger partial charge in [0, 0.05) is 6.42 Å². The molecule has 0 aliphatic rings. The Morgan fingerprint density at radius 1 is 0.460 bits per heavy atom. The van der Waals surface area contributed by atoms with E-state index in [1.165, 1.54) is 167 Å². The van der Waals surface area contributed by atoms with Crippen LogP contribution in [0.2, 0.25) is 0 Å². The number of nitrogens with one attached hydrogen (secondary N) is 1. The average Bonchev–Trinajstić information content (AvgIpc) is 3.12. The fourth-order valence-corrected chi connectivity index (χ4v) is 6.66. The number of carbonyl (C=O) groups excluding carboxylic acids is 1. The van der Waals surface area contributed by atoms with Crippen LogP contribution in [0.1, 0.15) is 232 Å². The second kappa shape index (κ2) is 42.0. The minimum atomic E-state index is -0.864. The molecule has 0 fully saturated rings. The number of aliphatic hydroxyl groups is 2. The van der Waals surface area contributed by atoms with Crippen LogP contribution in [-0.4, -0.2) is 34.9 Å². The zero-order valence-corrected chi connectivity index (χ0v) is 33.7. The van der Waals surface area contributed by atoms with Crippen molar-refractivity contribution in [3.05, 3.63) is 36.5 Å². The van der Waals surface area contributed by atoms with Gasteiger partial charge in [-0.2, -0.15) is 0 Å². The SMILES string of the molecule is CCCCCCCC/C=C\CCCCCCCC(=O)NC(CO)C(O)/C=C/CC/C=C/CCCCCCCCCCCCCCCCCCC. The fraction of sp³-hybridized carbons (Fsp3) is 0.848. The van der Waals surface area contributed by atoms with Crippen LogP contribution in [-0.2, 0) is 4.79 Å². The van der Waals surface area contributed by atoms with Crippen molar-refractivity contribution in [1.82, 2.24) is 5.32 Å². The van der Waals surface area contributed by atoms with Gasteiger partial charge < -0.3 is 15.5 Å². The second-order valence-electron chi connectivity index (χ2n) is 15.1. The monoisotopic (exact) mass is 702 g/mol. The van der Waals surface area contributed by atoms with Crippen molar-refractivity contribution in [2.45, 2.75) is 244 Å². The molecular formula is C46H87NO3. The highest BCUT2D eigenvalue weighted by molar-refractivity contribution is 5.76. The molecule has 2 atom stereocenters. The van der Waals surface area contributed by atoms with Crippen LogP contribution in [0.5, 0.6) is 0 Å². The van der Waals surface area contributed by atoms with Gasteiger partial charge in [-0.3, -0.25) is 4.79 Å². The van der Waals surface area contributed by atoms with Gasteiger partial charge in [-0.25, -0.2) is 0 Å². The van der Waals surface area contributed by atoms with E-state index in [1.807, 2.05) is 6.08 Å². The first-order valence-electron chi connectivity index (χ1n) is 22.2. The van der Waals surface area contributed by atoms with Crippen LogP contribution in [0, 0.1) is 0 Å². The van der Waals surface area contributed by atoms with Gasteiger partial charge in [-0.05, 0) is 57.8 Å². The first-order valence-corrected chi connectivity index (χ1v) is 22.2. The molecule has 0 aromatic heterocycles. The summed E-state index contributed by atoms with van der Waals surface area (Å²) in [5.74, 6) is -0.0820. The predicted molar refractivity (Wildman–Crippen MR) is 221 cm³/mol. The van der Waals surface area contributed by atoms with Gasteiger partial charge in [0.15, 0.2) is 0 Å². The largest absolute Gasteiger partial charge is 0.394 e. The molecule has 294 valence electrons. The molecule has 0 heterocycles. The molecule has 0 saturated carbocycles. The van der Waals surface area contributed by atoms with E-state index in [0.29, 0.717) is 6.42 Å². The molecule has 4 heteroatoms. The van der Waals surface area contributed by atoms with Gasteiger partial charge in [0.1, 0.15) is 0 Å². The summed E-state index contributed by atoms with van der Waals surface area (Å²) >= 11 is 0. The maximum absolute atomic E-state index is 12.4. The standard InChI is InChI=1S/C46H87NO3/c1-3-5-7-9-11-13-15-17-19-20-21-22-23-24-25-26-28-29-31-33-35-37-39-41-45(49)44(43-48)47-46(50)42-40-38-36-34-32-30-27-18-16-14-12-10-8-6-4-2/h18,27,31,33,39,41,44-45,48-49H,3-17,19-26,28-30,32,34-38,40,42-43H2,1-2H3,(H,47,50)/b27-18-,33-31+,41-39+. The Bertz CT molecular complexity index is 760. The van der Waals surface area contributed by atoms with E-state index in [0.717, 1.165) is 44.9 Å². The molecule has 0 rings (SSSR count). The number of hydrogen-bond acceptors (Lipinski definition) is 3. The van der Waals surface area contributed by atoms with Crippen LogP contribution >= 0.6 is 0 Å². The Morgan fingerprint density at radius 2 is 0.780 bits per heavy atom. The molecule has 2 unspecified atom stereocenters. The van der Waals surface area contributed by atoms with Crippen LogP contribution in [0.4, 0.5) is 0 Å². The number of carbonyl (C=O) groups is 1. The van der Waals surface area contributed by atoms with Crippen molar-refractivity contribution in [2.24, 2.45) is 0 Å². The van der Waals surface area contributed by atoms with E-state index in [1.54, 1.807) is 6.08 Å². The molecule has 4 nitrogen and oxygen atoms in total. The quantitative estimate of drug-likeness (QED) is 0.0440. The molecule has 0 saturated heterocycles. The van der Waals surface area contributed by atoms with Crippen molar-refractivity contribution < 1.29 is 15.0 Å². The van der Waals surface area contributed by atoms with Crippen molar-refractivity contribution in [1.29, 1.82) is 0 Å². The van der Waals surface area contributed by atoms with Gasteiger partial charge in [0.25, 0.3) is 0 Å². The normalized spacial score (nSPS) is 13.3. The molecule has 0 radical (unpaired) electrons. The van der Waals surface area contributed by atoms with Crippen molar-refractivity contribution in [3.8, 4) is 0 Å². The van der Waals surface area contributed by atoms with Gasteiger partial charge >= 0.3 is 0 Å². The van der Waals surface area contributed by atoms with E-state index >= 15 is 0 Å². The lowest BCUT2D eigenvalue weighted by atomic mass is 10.0. The van der Waals surface area contributed by atoms with Crippen molar-refractivity contribution >= 4 is 5.91 Å². The number of amides is 1. The number of allylic oxidation sites excluding steroid dienone is 5. The highest BCUT2D eigenvalue weighted by Gasteiger charge is 2.17. The third kappa shape index (κ3) is 37.9. The number of aliphatic hydroxyl groups excluding tert-OH is 2. The average molecular weight is 702 g/mol. The second-order valence-corrected chi connectivity index (χ2v) is 15.1. The molecule has 3 N–H and O–H groups in total. The summed E-state index contributed by atoms with van der Waals surface area (Å²) in [7, 11) is 0. The smallest absolute Gasteiger partial charge is 0.220 e. The highest BCUT2D eigenvalue weighted by Crippen LogP contribution is 2.15. The summed E-state index contributed by atoms with van der Waals surface area (Å²) in [4.78, 5) is 12.4. The Kier molecular flexibility index (Phi) is 40.9. The number of hydrogen-bond donors (Lipinski definition) is 3. The molecule has 0 aromatic carbocycles. The van der Waals surface area contributed by atoms with Crippen LogP contribution in [0.15, 0.2) is 36.5 Å². The summed E-state index contributed by atoms with van der Waals surface area (Å²) in [5.41, 5.74) is 0. The third-order valence-corrected chi connectivity index (χ3v) is 10.1. The minimum Gasteiger partial charge on any atom is -0.394 e. The lowest BCUT2D eigenvalue weighted by molar-refractivity contribution is -0.123. The molecule has 0 aliphatic carbocycles. The maximum atomic E-state index is 12.4. The van der Waals surface area contributed by atoms with Crippen LogP contribution < -0.4 is 5.32 Å². The van der Waals surface area contributed by atoms with Crippen molar-refractivity contribution in [2.75, 3.05) is 6.61 Å². The topological polar surface area (TPSA) is 69.6 Å². The number of rotatable bonds is 40. The van der Waals surface area contributed by atoms with Crippen molar-refractivity contribution in [3.63, 3.8) is 0 Å². The summed E-state index contributed by atoms with van der Waals surface area (Å²) < 4.78 is 0. The number of unbranched alkanes of at least 4 members (excludes halogenated alkanes) is 29. The Labute approximate surface area is 312 Å². The molecule has 0 spiro atoms. The molecular weight excluding hydrogens is 615 g/mol. The van der Waals surface area contributed by atoms with Gasteiger partial charge in [-0.1, -0.05) is 204 Å². The van der Waals surface area contributed by atoms with E-state index in [9.17, 15) is 15.0 Å². The molecule has 0 aromatic rings. The molecule has 1 amide bonds. The van der Waals surface area contributed by atoms with Gasteiger partial charge in [0.05, 0.1) is 18.8 Å². The maximum Gasteiger partial charge on any atom is 0.220 e. The molecule has 0 bridgehead atoms. The Morgan fingerprint density at radius 3 is 1.16 bits per heavy atom. The van der Waals surface area contributed by atoms with E-state index < -0.39 is 12.1 Å². The minimum absolute atomic E-state index is 0.0820.